The van der Waals surface area contributed by atoms with E-state index in [0.29, 0.717) is 5.41 Å². The second-order valence-electron chi connectivity index (χ2n) is 6.25. The molecule has 1 aliphatic carbocycles. The molecule has 1 rings (SSSR count). The summed E-state index contributed by atoms with van der Waals surface area (Å²) in [6.07, 6.45) is 8.59. The molecular weight excluding hydrogens is 180 g/mol. The van der Waals surface area contributed by atoms with Gasteiger partial charge in [0.25, 0.3) is 0 Å². The first-order chi connectivity index (χ1) is 7.03. The first-order valence-corrected chi connectivity index (χ1v) is 7.03. The lowest BCUT2D eigenvalue weighted by Crippen LogP contribution is -2.44. The zero-order valence-corrected chi connectivity index (χ0v) is 11.5. The molecule has 4 atom stereocenters. The minimum absolute atomic E-state index is 0.689. The van der Waals surface area contributed by atoms with Gasteiger partial charge in [-0.15, -0.1) is 0 Å². The Bertz CT molecular complexity index is 184. The van der Waals surface area contributed by atoms with Gasteiger partial charge in [0.05, 0.1) is 0 Å². The Balaban J connectivity index is 2.26. The normalized spacial score (nSPS) is 37.4. The van der Waals surface area contributed by atoms with E-state index in [4.69, 9.17) is 0 Å². The van der Waals surface area contributed by atoms with Gasteiger partial charge >= 0.3 is 0 Å². The number of hydrogen-bond donors (Lipinski definition) is 0. The van der Waals surface area contributed by atoms with Gasteiger partial charge in [-0.25, -0.2) is 0 Å². The van der Waals surface area contributed by atoms with E-state index in [2.05, 4.69) is 34.6 Å². The van der Waals surface area contributed by atoms with Gasteiger partial charge in [-0.2, -0.15) is 0 Å². The van der Waals surface area contributed by atoms with E-state index >= 15 is 0 Å². The van der Waals surface area contributed by atoms with Gasteiger partial charge < -0.3 is 0 Å². The van der Waals surface area contributed by atoms with Crippen LogP contribution in [0.25, 0.3) is 0 Å². The van der Waals surface area contributed by atoms with Crippen LogP contribution >= 0.6 is 0 Å². The quantitative estimate of drug-likeness (QED) is 0.560. The smallest absolute Gasteiger partial charge is 0.0295 e. The van der Waals surface area contributed by atoms with Crippen LogP contribution in [0.1, 0.15) is 73.1 Å². The van der Waals surface area contributed by atoms with Gasteiger partial charge in [0.15, 0.2) is 0 Å². The van der Waals surface area contributed by atoms with Crippen LogP contribution < -0.4 is 0 Å². The first-order valence-electron chi connectivity index (χ1n) is 7.03. The van der Waals surface area contributed by atoms with Crippen molar-refractivity contribution in [1.29, 1.82) is 0 Å². The van der Waals surface area contributed by atoms with Crippen LogP contribution in [0.15, 0.2) is 0 Å². The molecule has 1 aliphatic rings. The Hall–Kier alpha value is 0. The van der Waals surface area contributed by atoms with E-state index < -0.39 is 0 Å². The standard InChI is InChI=1S/C15H30/c1-6-10-15(5)11-14(13(15)4)9-8-12(3)7-2/h12-14H,6-11H2,1-5H3. The third kappa shape index (κ3) is 2.98. The maximum atomic E-state index is 2.50. The molecule has 0 spiro atoms. The molecule has 90 valence electrons. The highest BCUT2D eigenvalue weighted by atomic mass is 14.5. The molecule has 0 N–H and O–H groups in total. The van der Waals surface area contributed by atoms with Crippen LogP contribution in [0.5, 0.6) is 0 Å². The van der Waals surface area contributed by atoms with Crippen LogP contribution in [0, 0.1) is 23.2 Å². The Kier molecular flexibility index (Phi) is 4.67. The van der Waals surface area contributed by atoms with E-state index in [9.17, 15) is 0 Å². The Labute approximate surface area is 96.8 Å². The first kappa shape index (κ1) is 13.1. The maximum Gasteiger partial charge on any atom is -0.0295 e. The minimum Gasteiger partial charge on any atom is -0.0654 e. The van der Waals surface area contributed by atoms with Crippen molar-refractivity contribution in [3.63, 3.8) is 0 Å². The fourth-order valence-electron chi connectivity index (χ4n) is 3.33. The molecule has 0 aromatic rings. The SMILES string of the molecule is CCCC1(C)CC(CCC(C)CC)C1C. The molecule has 15 heavy (non-hydrogen) atoms. The fraction of sp³-hybridized carbons (Fsp3) is 1.00. The fourth-order valence-corrected chi connectivity index (χ4v) is 3.33. The lowest BCUT2D eigenvalue weighted by molar-refractivity contribution is -0.0295. The van der Waals surface area contributed by atoms with Gasteiger partial charge in [0.2, 0.25) is 0 Å². The van der Waals surface area contributed by atoms with Crippen molar-refractivity contribution in [3.8, 4) is 0 Å². The molecule has 0 aromatic carbocycles. The number of rotatable bonds is 6. The Morgan fingerprint density at radius 3 is 2.47 bits per heavy atom. The average molecular weight is 210 g/mol. The van der Waals surface area contributed by atoms with Crippen LogP contribution in [0.2, 0.25) is 0 Å². The van der Waals surface area contributed by atoms with Crippen molar-refractivity contribution in [2.45, 2.75) is 73.1 Å². The van der Waals surface area contributed by atoms with Crippen LogP contribution in [-0.2, 0) is 0 Å². The van der Waals surface area contributed by atoms with Gasteiger partial charge in [-0.1, -0.05) is 53.9 Å². The van der Waals surface area contributed by atoms with E-state index in [-0.39, 0.29) is 0 Å². The summed E-state index contributed by atoms with van der Waals surface area (Å²) in [7, 11) is 0. The zero-order valence-electron chi connectivity index (χ0n) is 11.5. The van der Waals surface area contributed by atoms with Crippen molar-refractivity contribution in [3.05, 3.63) is 0 Å². The van der Waals surface area contributed by atoms with Crippen molar-refractivity contribution in [2.75, 3.05) is 0 Å². The molecule has 1 saturated carbocycles. The summed E-state index contributed by atoms with van der Waals surface area (Å²) in [6.45, 7) is 12.0. The highest BCUT2D eigenvalue weighted by Crippen LogP contribution is 2.55. The van der Waals surface area contributed by atoms with Crippen LogP contribution in [0.3, 0.4) is 0 Å². The number of hydrogen-bond acceptors (Lipinski definition) is 0. The van der Waals surface area contributed by atoms with Crippen LogP contribution in [0.4, 0.5) is 0 Å². The molecular formula is C15H30. The molecule has 1 fully saturated rings. The van der Waals surface area contributed by atoms with E-state index in [1.165, 1.54) is 38.5 Å². The summed E-state index contributed by atoms with van der Waals surface area (Å²) in [5.41, 5.74) is 0.689. The Morgan fingerprint density at radius 1 is 1.33 bits per heavy atom. The second kappa shape index (κ2) is 5.37. The van der Waals surface area contributed by atoms with Crippen LogP contribution in [-0.4, -0.2) is 0 Å². The lowest BCUT2D eigenvalue weighted by Gasteiger charge is -2.53. The topological polar surface area (TPSA) is 0 Å². The minimum atomic E-state index is 0.689. The zero-order chi connectivity index (χ0) is 11.5. The molecule has 0 radical (unpaired) electrons. The molecule has 0 aliphatic heterocycles. The average Bonchev–Trinajstić information content (AvgIpc) is 2.23. The monoisotopic (exact) mass is 210 g/mol. The van der Waals surface area contributed by atoms with E-state index in [1.54, 1.807) is 0 Å². The van der Waals surface area contributed by atoms with Crippen molar-refractivity contribution < 1.29 is 0 Å². The molecule has 0 heteroatoms. The highest BCUT2D eigenvalue weighted by Gasteiger charge is 2.45. The van der Waals surface area contributed by atoms with Gasteiger partial charge in [0.1, 0.15) is 0 Å². The van der Waals surface area contributed by atoms with Gasteiger partial charge in [-0.3, -0.25) is 0 Å². The molecule has 0 aromatic heterocycles. The van der Waals surface area contributed by atoms with Gasteiger partial charge in [0, 0.05) is 0 Å². The Morgan fingerprint density at radius 2 is 2.00 bits per heavy atom. The summed E-state index contributed by atoms with van der Waals surface area (Å²) in [5.74, 6) is 2.95. The maximum absolute atomic E-state index is 2.50. The predicted octanol–water partition coefficient (Wildman–Crippen LogP) is 5.28. The summed E-state index contributed by atoms with van der Waals surface area (Å²) < 4.78 is 0. The summed E-state index contributed by atoms with van der Waals surface area (Å²) in [5, 5.41) is 0. The van der Waals surface area contributed by atoms with Crippen molar-refractivity contribution in [1.82, 2.24) is 0 Å². The second-order valence-corrected chi connectivity index (χ2v) is 6.25. The summed E-state index contributed by atoms with van der Waals surface area (Å²) in [4.78, 5) is 0. The molecule has 0 saturated heterocycles. The third-order valence-electron chi connectivity index (χ3n) is 5.08. The third-order valence-corrected chi connectivity index (χ3v) is 5.08. The molecule has 0 nitrogen and oxygen atoms in total. The van der Waals surface area contributed by atoms with Gasteiger partial charge in [-0.05, 0) is 42.4 Å². The van der Waals surface area contributed by atoms with E-state index in [1.807, 2.05) is 0 Å². The van der Waals surface area contributed by atoms with Crippen molar-refractivity contribution in [2.24, 2.45) is 23.2 Å². The molecule has 0 heterocycles. The lowest BCUT2D eigenvalue weighted by atomic mass is 9.52. The predicted molar refractivity (Wildman–Crippen MR) is 69.0 cm³/mol. The molecule has 4 unspecified atom stereocenters. The van der Waals surface area contributed by atoms with Crippen molar-refractivity contribution >= 4 is 0 Å². The van der Waals surface area contributed by atoms with E-state index in [0.717, 1.165) is 17.8 Å². The summed E-state index contributed by atoms with van der Waals surface area (Å²) in [6, 6.07) is 0. The largest absolute Gasteiger partial charge is 0.0654 e. The molecule has 0 bridgehead atoms. The highest BCUT2D eigenvalue weighted by molar-refractivity contribution is 4.95. The molecule has 0 amide bonds. The summed E-state index contributed by atoms with van der Waals surface area (Å²) >= 11 is 0.